The molecule has 14 nitrogen and oxygen atoms in total. The Morgan fingerprint density at radius 3 is 2.28 bits per heavy atom. The molecule has 3 aromatic carbocycles. The second kappa shape index (κ2) is 10.8. The zero-order valence-corrected chi connectivity index (χ0v) is 20.4. The number of carbonyl (C=O) groups excluding carboxylic acids is 1. The Kier molecular flexibility index (Phi) is 7.28. The predicted octanol–water partition coefficient (Wildman–Crippen LogP) is 5.26. The van der Waals surface area contributed by atoms with Crippen molar-refractivity contribution in [1.82, 2.24) is 0 Å². The monoisotopic (exact) mass is 534 g/mol. The third-order valence-corrected chi connectivity index (χ3v) is 5.49. The normalized spacial score (nSPS) is 13.5. The van der Waals surface area contributed by atoms with E-state index in [1.54, 1.807) is 13.0 Å². The molecule has 0 saturated carbocycles. The van der Waals surface area contributed by atoms with Crippen molar-refractivity contribution in [2.24, 2.45) is 4.99 Å². The van der Waals surface area contributed by atoms with Gasteiger partial charge in [-0.25, -0.2) is 9.79 Å². The average molecular weight is 534 g/mol. The molecule has 0 aromatic heterocycles. The van der Waals surface area contributed by atoms with Crippen molar-refractivity contribution in [2.75, 3.05) is 6.61 Å². The fraction of sp³-hybridized carbons (Fsp3) is 0.120. The van der Waals surface area contributed by atoms with Crippen molar-refractivity contribution in [1.29, 1.82) is 0 Å². The van der Waals surface area contributed by atoms with Crippen molar-refractivity contribution in [3.8, 4) is 17.2 Å². The van der Waals surface area contributed by atoms with Gasteiger partial charge in [0.15, 0.2) is 17.2 Å². The van der Waals surface area contributed by atoms with Gasteiger partial charge in [0.05, 0.1) is 27.4 Å². The van der Waals surface area contributed by atoms with E-state index in [9.17, 15) is 35.1 Å². The van der Waals surface area contributed by atoms with Crippen LogP contribution in [0.15, 0.2) is 65.3 Å². The zero-order chi connectivity index (χ0) is 28.3. The summed E-state index contributed by atoms with van der Waals surface area (Å²) in [5.41, 5.74) is -0.265. The van der Waals surface area contributed by atoms with Gasteiger partial charge in [0.2, 0.25) is 11.6 Å². The molecule has 0 amide bonds. The Bertz CT molecular complexity index is 1600. The maximum atomic E-state index is 12.5. The van der Waals surface area contributed by atoms with Crippen LogP contribution >= 0.6 is 0 Å². The first kappa shape index (κ1) is 26.4. The highest BCUT2D eigenvalue weighted by Gasteiger charge is 2.28. The van der Waals surface area contributed by atoms with E-state index in [-0.39, 0.29) is 46.7 Å². The summed E-state index contributed by atoms with van der Waals surface area (Å²) in [6.07, 6.45) is 1.41. The van der Waals surface area contributed by atoms with Crippen LogP contribution in [0.1, 0.15) is 23.6 Å². The van der Waals surface area contributed by atoms with Gasteiger partial charge in [-0.05, 0) is 49.8 Å². The summed E-state index contributed by atoms with van der Waals surface area (Å²) in [7, 11) is 0. The van der Waals surface area contributed by atoms with E-state index >= 15 is 0 Å². The number of esters is 1. The van der Waals surface area contributed by atoms with Gasteiger partial charge < -0.3 is 14.2 Å². The number of benzene rings is 3. The lowest BCUT2D eigenvalue weighted by molar-refractivity contribution is -0.394. The topological polar surface area (TPSA) is 187 Å². The molecule has 0 bridgehead atoms. The van der Waals surface area contributed by atoms with E-state index in [2.05, 4.69) is 4.99 Å². The highest BCUT2D eigenvalue weighted by Crippen LogP contribution is 2.39. The molecule has 0 spiro atoms. The third-order valence-electron chi connectivity index (χ3n) is 5.49. The van der Waals surface area contributed by atoms with Crippen molar-refractivity contribution in [3.63, 3.8) is 0 Å². The lowest BCUT2D eigenvalue weighted by Crippen LogP contribution is -2.08. The van der Waals surface area contributed by atoms with Gasteiger partial charge in [0.25, 0.3) is 11.4 Å². The maximum absolute atomic E-state index is 12.5. The number of hydrogen-bond acceptors (Lipinski definition) is 11. The number of rotatable bonds is 9. The van der Waals surface area contributed by atoms with Crippen LogP contribution in [-0.4, -0.2) is 33.2 Å². The molecule has 0 fully saturated rings. The number of cyclic esters (lactones) is 1. The van der Waals surface area contributed by atoms with Crippen LogP contribution < -0.4 is 9.47 Å². The van der Waals surface area contributed by atoms with E-state index in [4.69, 9.17) is 14.2 Å². The number of ether oxygens (including phenoxy) is 3. The molecular formula is C25H18N4O10. The van der Waals surface area contributed by atoms with Gasteiger partial charge in [0.1, 0.15) is 0 Å². The minimum atomic E-state index is -0.800. The van der Waals surface area contributed by atoms with Gasteiger partial charge >= 0.3 is 11.7 Å². The lowest BCUT2D eigenvalue weighted by atomic mass is 10.1. The van der Waals surface area contributed by atoms with Gasteiger partial charge in [-0.1, -0.05) is 12.1 Å². The molecule has 0 aliphatic carbocycles. The summed E-state index contributed by atoms with van der Waals surface area (Å²) in [5.74, 6) is -0.830. The Labute approximate surface area is 219 Å². The minimum absolute atomic E-state index is 0.0713. The Balaban J connectivity index is 1.67. The van der Waals surface area contributed by atoms with Crippen LogP contribution in [0.4, 0.5) is 17.1 Å². The molecule has 0 saturated heterocycles. The van der Waals surface area contributed by atoms with E-state index in [1.165, 1.54) is 43.3 Å². The number of aliphatic imine (C=N–C) groups is 1. The molecule has 0 atom stereocenters. The molecule has 0 N–H and O–H groups in total. The first-order valence-electron chi connectivity index (χ1n) is 11.2. The molecule has 0 radical (unpaired) electrons. The van der Waals surface area contributed by atoms with Gasteiger partial charge in [-0.2, -0.15) is 0 Å². The highest BCUT2D eigenvalue weighted by molar-refractivity contribution is 6.13. The zero-order valence-electron chi connectivity index (χ0n) is 20.4. The van der Waals surface area contributed by atoms with Crippen LogP contribution in [0, 0.1) is 37.3 Å². The lowest BCUT2D eigenvalue weighted by Gasteiger charge is -2.12. The molecule has 198 valence electrons. The van der Waals surface area contributed by atoms with Gasteiger partial charge in [-0.15, -0.1) is 0 Å². The molecule has 4 rings (SSSR count). The molecule has 14 heteroatoms. The van der Waals surface area contributed by atoms with Crippen LogP contribution in [0.25, 0.3) is 6.08 Å². The van der Waals surface area contributed by atoms with E-state index < -0.39 is 32.1 Å². The van der Waals surface area contributed by atoms with Crippen molar-refractivity contribution in [3.05, 3.63) is 107 Å². The van der Waals surface area contributed by atoms with Gasteiger partial charge in [-0.3, -0.25) is 30.3 Å². The highest BCUT2D eigenvalue weighted by atomic mass is 16.6. The summed E-state index contributed by atoms with van der Waals surface area (Å²) in [4.78, 5) is 48.3. The summed E-state index contributed by atoms with van der Waals surface area (Å²) >= 11 is 0. The largest absolute Gasteiger partial charge is 0.490 e. The fourth-order valence-electron chi connectivity index (χ4n) is 3.67. The number of nitro benzene ring substituents is 3. The Hall–Kier alpha value is -5.66. The number of carbonyl (C=O) groups is 1. The smallest absolute Gasteiger partial charge is 0.363 e. The minimum Gasteiger partial charge on any atom is -0.490 e. The summed E-state index contributed by atoms with van der Waals surface area (Å²) < 4.78 is 16.5. The second-order valence-corrected chi connectivity index (χ2v) is 7.95. The van der Waals surface area contributed by atoms with Crippen molar-refractivity contribution >= 4 is 35.0 Å². The number of non-ortho nitro benzene ring substituents is 1. The Morgan fingerprint density at radius 2 is 1.62 bits per heavy atom. The second-order valence-electron chi connectivity index (χ2n) is 7.95. The maximum Gasteiger partial charge on any atom is 0.363 e. The molecule has 1 aliphatic heterocycles. The van der Waals surface area contributed by atoms with Crippen LogP contribution in [0.5, 0.6) is 17.2 Å². The molecular weight excluding hydrogens is 516 g/mol. The summed E-state index contributed by atoms with van der Waals surface area (Å²) in [6, 6.07) is 11.8. The van der Waals surface area contributed by atoms with E-state index in [1.807, 2.05) is 0 Å². The Morgan fingerprint density at radius 1 is 0.897 bits per heavy atom. The SMILES string of the molecule is CCOc1cc(/C=C2\N=C(c3cccc([N+](=O)[O-])c3C)OC2=O)ccc1Oc1ccc([N+](=O)[O-])cc1[N+](=O)[O-]. The van der Waals surface area contributed by atoms with E-state index in [0.717, 1.165) is 18.2 Å². The number of nitrogens with zero attached hydrogens (tertiary/aromatic N) is 4. The summed E-state index contributed by atoms with van der Waals surface area (Å²) in [5, 5.41) is 33.7. The van der Waals surface area contributed by atoms with Crippen LogP contribution in [0.3, 0.4) is 0 Å². The number of hydrogen-bond donors (Lipinski definition) is 0. The quantitative estimate of drug-likeness (QED) is 0.152. The molecule has 1 heterocycles. The van der Waals surface area contributed by atoms with Crippen molar-refractivity contribution in [2.45, 2.75) is 13.8 Å². The molecule has 0 unspecified atom stereocenters. The fourth-order valence-corrected chi connectivity index (χ4v) is 3.67. The molecule has 1 aliphatic rings. The molecule has 39 heavy (non-hydrogen) atoms. The average Bonchev–Trinajstić information content (AvgIpc) is 3.25. The first-order chi connectivity index (χ1) is 18.6. The van der Waals surface area contributed by atoms with Crippen LogP contribution in [0.2, 0.25) is 0 Å². The van der Waals surface area contributed by atoms with Crippen LogP contribution in [-0.2, 0) is 9.53 Å². The standard InChI is InChI=1S/C25H18N4O10/c1-3-37-23-12-15(7-9-22(23)38-21-10-8-16(27(31)32)13-20(21)29(35)36)11-18-25(30)39-24(26-18)17-5-4-6-19(14(17)2)28(33)34/h4-13H,3H2,1-2H3/b18-11-. The number of nitro groups is 3. The first-order valence-corrected chi connectivity index (χ1v) is 11.2. The molecule has 3 aromatic rings. The summed E-state index contributed by atoms with van der Waals surface area (Å²) in [6.45, 7) is 3.43. The predicted molar refractivity (Wildman–Crippen MR) is 136 cm³/mol. The van der Waals surface area contributed by atoms with Gasteiger partial charge in [0, 0.05) is 23.3 Å². The van der Waals surface area contributed by atoms with Crippen molar-refractivity contribution < 1.29 is 33.8 Å². The third kappa shape index (κ3) is 5.53. The van der Waals surface area contributed by atoms with E-state index in [0.29, 0.717) is 11.1 Å².